The van der Waals surface area contributed by atoms with Gasteiger partial charge in [0.05, 0.1) is 11.3 Å². The monoisotopic (exact) mass is 478 g/mol. The van der Waals surface area contributed by atoms with Gasteiger partial charge in [0.2, 0.25) is 0 Å². The predicted octanol–water partition coefficient (Wildman–Crippen LogP) is 3.50. The van der Waals surface area contributed by atoms with Crippen molar-refractivity contribution < 1.29 is 36.3 Å². The molecule has 0 bridgehead atoms. The zero-order valence-corrected chi connectivity index (χ0v) is 18.6. The maximum Gasteiger partial charge on any atom is 0.416 e. The van der Waals surface area contributed by atoms with Gasteiger partial charge in [-0.15, -0.1) is 0 Å². The second-order valence-electron chi connectivity index (χ2n) is 8.15. The van der Waals surface area contributed by atoms with E-state index in [9.17, 15) is 31.2 Å². The maximum atomic E-state index is 12.9. The molecule has 1 aromatic carbocycles. The van der Waals surface area contributed by atoms with E-state index < -0.39 is 33.5 Å². The lowest BCUT2D eigenvalue weighted by Crippen LogP contribution is -2.49. The highest BCUT2D eigenvalue weighted by atomic mass is 32.2. The van der Waals surface area contributed by atoms with Gasteiger partial charge in [-0.2, -0.15) is 13.2 Å². The van der Waals surface area contributed by atoms with Crippen molar-refractivity contribution in [1.29, 1.82) is 0 Å². The number of halogens is 3. The molecule has 0 aliphatic heterocycles. The summed E-state index contributed by atoms with van der Waals surface area (Å²) in [7, 11) is -3.31. The van der Waals surface area contributed by atoms with Crippen LogP contribution < -0.4 is 10.6 Å². The molecule has 1 saturated carbocycles. The molecule has 0 radical (unpaired) electrons. The average Bonchev–Trinajstić information content (AvgIpc) is 2.68. The molecule has 0 aromatic heterocycles. The summed E-state index contributed by atoms with van der Waals surface area (Å²) in [5.41, 5.74) is -0.917. The van der Waals surface area contributed by atoms with Crippen LogP contribution in [-0.2, 0) is 16.0 Å². The topological polar surface area (TPSA) is 113 Å². The number of hydrogen-bond donors (Lipinski definition) is 3. The number of benzene rings is 1. The molecule has 11 heteroatoms. The van der Waals surface area contributed by atoms with Crippen molar-refractivity contribution in [1.82, 2.24) is 10.6 Å². The number of carbonyl (C=O) groups is 2. The summed E-state index contributed by atoms with van der Waals surface area (Å²) < 4.78 is 63.3. The number of carboxylic acid groups (broad SMARTS) is 1. The van der Waals surface area contributed by atoms with Gasteiger partial charge in [0.1, 0.15) is 0 Å². The zero-order valence-electron chi connectivity index (χ0n) is 17.8. The van der Waals surface area contributed by atoms with Gasteiger partial charge in [-0.3, -0.25) is 4.79 Å². The third-order valence-electron chi connectivity index (χ3n) is 5.56. The molecule has 1 aliphatic rings. The summed E-state index contributed by atoms with van der Waals surface area (Å²) in [6.45, 7) is 1.95. The van der Waals surface area contributed by atoms with Crippen molar-refractivity contribution >= 4 is 21.7 Å². The Balaban J connectivity index is 1.99. The van der Waals surface area contributed by atoms with Crippen LogP contribution in [0.2, 0.25) is 0 Å². The molecule has 3 unspecified atom stereocenters. The van der Waals surface area contributed by atoms with Crippen molar-refractivity contribution in [3.8, 4) is 0 Å². The molecule has 0 saturated heterocycles. The van der Waals surface area contributed by atoms with E-state index in [0.29, 0.717) is 25.7 Å². The molecule has 3 N–H and O–H groups in total. The fourth-order valence-corrected chi connectivity index (χ4v) is 5.94. The van der Waals surface area contributed by atoms with Crippen LogP contribution in [0.5, 0.6) is 0 Å². The minimum absolute atomic E-state index is 0.0296. The number of alkyl halides is 3. The Morgan fingerprint density at radius 3 is 2.56 bits per heavy atom. The highest BCUT2D eigenvalue weighted by molar-refractivity contribution is 7.91. The van der Waals surface area contributed by atoms with Crippen LogP contribution in [0.15, 0.2) is 24.3 Å². The molecular weight excluding hydrogens is 449 g/mol. The van der Waals surface area contributed by atoms with Crippen LogP contribution in [0.1, 0.15) is 54.9 Å². The van der Waals surface area contributed by atoms with Gasteiger partial charge < -0.3 is 15.7 Å². The number of nitrogens with one attached hydrogen (secondary N) is 2. The number of hydrogen-bond acceptors (Lipinski definition) is 5. The highest BCUT2D eigenvalue weighted by Crippen LogP contribution is 2.30. The minimum Gasteiger partial charge on any atom is -0.465 e. The molecule has 2 rings (SSSR count). The first kappa shape index (κ1) is 26.1. The van der Waals surface area contributed by atoms with Gasteiger partial charge in [-0.05, 0) is 43.7 Å². The van der Waals surface area contributed by atoms with Crippen LogP contribution in [-0.4, -0.2) is 55.5 Å². The Bertz CT molecular complexity index is 905. The van der Waals surface area contributed by atoms with E-state index in [0.717, 1.165) is 12.1 Å². The largest absolute Gasteiger partial charge is 0.465 e. The van der Waals surface area contributed by atoms with Crippen LogP contribution in [0.4, 0.5) is 18.0 Å². The standard InChI is InChI=1S/C21H29F3N2O5S/c1-2-10-32(30,31)13-15-12-17(26-20(28)29)6-7-18(15)25-9-8-19(27)14-4-3-5-16(11-14)21(22,23)24/h3-5,11,15,17-18,25-26H,2,6-10,12-13H2,1H3,(H,28,29). The van der Waals surface area contributed by atoms with Crippen molar-refractivity contribution in [2.24, 2.45) is 5.92 Å². The Morgan fingerprint density at radius 2 is 1.94 bits per heavy atom. The van der Waals surface area contributed by atoms with Crippen LogP contribution in [0.3, 0.4) is 0 Å². The summed E-state index contributed by atoms with van der Waals surface area (Å²) >= 11 is 0. The maximum absolute atomic E-state index is 12.9. The number of ketones is 1. The van der Waals surface area contributed by atoms with Gasteiger partial charge in [0.25, 0.3) is 0 Å². The summed E-state index contributed by atoms with van der Waals surface area (Å²) in [6.07, 6.45) is -3.85. The minimum atomic E-state index is -4.53. The third-order valence-corrected chi connectivity index (χ3v) is 7.53. The van der Waals surface area contributed by atoms with E-state index in [2.05, 4.69) is 10.6 Å². The summed E-state index contributed by atoms with van der Waals surface area (Å²) in [4.78, 5) is 23.3. The molecule has 7 nitrogen and oxygen atoms in total. The summed E-state index contributed by atoms with van der Waals surface area (Å²) in [5, 5.41) is 14.5. The highest BCUT2D eigenvalue weighted by Gasteiger charge is 2.34. The van der Waals surface area contributed by atoms with E-state index in [1.54, 1.807) is 6.92 Å². The number of amides is 1. The summed E-state index contributed by atoms with van der Waals surface area (Å²) in [5.74, 6) is -0.820. The van der Waals surface area contributed by atoms with Gasteiger partial charge in [0.15, 0.2) is 15.6 Å². The first-order valence-corrected chi connectivity index (χ1v) is 12.4. The number of carbonyl (C=O) groups excluding carboxylic acids is 1. The van der Waals surface area contributed by atoms with Gasteiger partial charge in [-0.1, -0.05) is 19.1 Å². The smallest absolute Gasteiger partial charge is 0.416 e. The fraction of sp³-hybridized carbons (Fsp3) is 0.619. The van der Waals surface area contributed by atoms with Crippen LogP contribution in [0, 0.1) is 5.92 Å². The Kier molecular flexibility index (Phi) is 9.08. The first-order chi connectivity index (χ1) is 14.9. The quantitative estimate of drug-likeness (QED) is 0.444. The van der Waals surface area contributed by atoms with E-state index in [1.165, 1.54) is 12.1 Å². The van der Waals surface area contributed by atoms with Crippen LogP contribution in [0.25, 0.3) is 0 Å². The van der Waals surface area contributed by atoms with Crippen LogP contribution >= 0.6 is 0 Å². The number of sulfone groups is 1. The van der Waals surface area contributed by atoms with E-state index >= 15 is 0 Å². The van der Waals surface area contributed by atoms with Crippen molar-refractivity contribution in [2.75, 3.05) is 18.1 Å². The Labute approximate surface area is 185 Å². The zero-order chi connectivity index (χ0) is 23.9. The molecular formula is C21H29F3N2O5S. The molecule has 0 heterocycles. The summed E-state index contributed by atoms with van der Waals surface area (Å²) in [6, 6.07) is 3.67. The molecule has 180 valence electrons. The second kappa shape index (κ2) is 11.1. The number of rotatable bonds is 10. The third kappa shape index (κ3) is 8.09. The predicted molar refractivity (Wildman–Crippen MR) is 113 cm³/mol. The lowest BCUT2D eigenvalue weighted by Gasteiger charge is -2.36. The Morgan fingerprint density at radius 1 is 1.22 bits per heavy atom. The normalized spacial score (nSPS) is 21.8. The molecule has 1 fully saturated rings. The Hall–Kier alpha value is -2.14. The average molecular weight is 479 g/mol. The molecule has 3 atom stereocenters. The molecule has 1 amide bonds. The molecule has 1 aromatic rings. The molecule has 0 spiro atoms. The lowest BCUT2D eigenvalue weighted by molar-refractivity contribution is -0.137. The van der Waals surface area contributed by atoms with E-state index in [4.69, 9.17) is 5.11 Å². The van der Waals surface area contributed by atoms with Gasteiger partial charge in [0, 0.05) is 36.4 Å². The molecule has 32 heavy (non-hydrogen) atoms. The first-order valence-electron chi connectivity index (χ1n) is 10.5. The number of Topliss-reactive ketones (excluding diaryl/α,β-unsaturated/α-hetero) is 1. The second-order valence-corrected chi connectivity index (χ2v) is 10.4. The molecule has 1 aliphatic carbocycles. The fourth-order valence-electron chi connectivity index (χ4n) is 4.13. The van der Waals surface area contributed by atoms with Crippen molar-refractivity contribution in [3.63, 3.8) is 0 Å². The van der Waals surface area contributed by atoms with Gasteiger partial charge in [-0.25, -0.2) is 13.2 Å². The lowest BCUT2D eigenvalue weighted by atomic mass is 9.82. The van der Waals surface area contributed by atoms with E-state index in [-0.39, 0.29) is 48.0 Å². The van der Waals surface area contributed by atoms with E-state index in [1.807, 2.05) is 0 Å². The van der Waals surface area contributed by atoms with Crippen molar-refractivity contribution in [2.45, 2.75) is 57.3 Å². The SMILES string of the molecule is CCCS(=O)(=O)CC1CC(NC(=O)O)CCC1NCCC(=O)c1cccc(C(F)(F)F)c1. The van der Waals surface area contributed by atoms with Crippen molar-refractivity contribution in [3.05, 3.63) is 35.4 Å². The van der Waals surface area contributed by atoms with Gasteiger partial charge >= 0.3 is 12.3 Å².